The third-order valence-electron chi connectivity index (χ3n) is 4.55. The Bertz CT molecular complexity index is 1170. The van der Waals surface area contributed by atoms with Crippen LogP contribution in [0, 0.1) is 0 Å². The summed E-state index contributed by atoms with van der Waals surface area (Å²) in [6, 6.07) is 3.62. The fraction of sp³-hybridized carbons (Fsp3) is 0.333. The summed E-state index contributed by atoms with van der Waals surface area (Å²) < 4.78 is 16.1. The average molecular weight is 506 g/mol. The quantitative estimate of drug-likeness (QED) is 0.163. The van der Waals surface area contributed by atoms with Crippen molar-refractivity contribution in [2.24, 2.45) is 16.5 Å². The summed E-state index contributed by atoms with van der Waals surface area (Å²) in [6.45, 7) is 0.630. The monoisotopic (exact) mass is 505 g/mol. The molecule has 34 heavy (non-hydrogen) atoms. The summed E-state index contributed by atoms with van der Waals surface area (Å²) >= 11 is 3.08. The van der Waals surface area contributed by atoms with Crippen molar-refractivity contribution in [3.8, 4) is 17.2 Å². The van der Waals surface area contributed by atoms with Crippen molar-refractivity contribution >= 4 is 40.1 Å². The molecule has 0 saturated carbocycles. The number of aliphatic imine (C=N–C) groups is 1. The molecular formula is C21H27N7O4S2. The molecule has 1 aromatic carbocycles. The van der Waals surface area contributed by atoms with E-state index < -0.39 is 0 Å². The van der Waals surface area contributed by atoms with E-state index in [-0.39, 0.29) is 11.5 Å². The van der Waals surface area contributed by atoms with E-state index in [4.69, 9.17) is 25.7 Å². The van der Waals surface area contributed by atoms with Gasteiger partial charge in [-0.2, -0.15) is 16.8 Å². The van der Waals surface area contributed by atoms with E-state index in [9.17, 15) is 4.79 Å². The lowest BCUT2D eigenvalue weighted by Crippen LogP contribution is -2.21. The van der Waals surface area contributed by atoms with E-state index >= 15 is 0 Å². The lowest BCUT2D eigenvalue weighted by Gasteiger charge is -2.14. The molecule has 0 saturated heterocycles. The van der Waals surface area contributed by atoms with E-state index in [1.165, 1.54) is 11.3 Å². The standard InChI is InChI=1S/C21H27N7O4S2/c1-30-15-7-12(8-16(31-2)17(15)32-3)6-13-9-25-20(27-18(13)29)24-4-5-33-10-14-11-34-21(26-14)28-19(22)23/h7-9,11H,4-6,10H2,1-3H3,(H4,22,23,26,28)(H2,24,25,27,29). The number of hydrogen-bond acceptors (Lipinski definition) is 10. The van der Waals surface area contributed by atoms with Crippen LogP contribution >= 0.6 is 23.1 Å². The minimum atomic E-state index is -0.214. The highest BCUT2D eigenvalue weighted by molar-refractivity contribution is 7.98. The summed E-state index contributed by atoms with van der Waals surface area (Å²) in [5.74, 6) is 3.50. The van der Waals surface area contributed by atoms with Crippen LogP contribution in [0.5, 0.6) is 17.2 Å². The maximum absolute atomic E-state index is 12.6. The summed E-state index contributed by atoms with van der Waals surface area (Å²) in [5, 5.41) is 5.60. The van der Waals surface area contributed by atoms with Gasteiger partial charge in [-0.1, -0.05) is 0 Å². The zero-order valence-corrected chi connectivity index (χ0v) is 20.7. The largest absolute Gasteiger partial charge is 0.493 e. The molecule has 13 heteroatoms. The first-order chi connectivity index (χ1) is 16.4. The molecule has 0 spiro atoms. The molecule has 2 aromatic heterocycles. The summed E-state index contributed by atoms with van der Waals surface area (Å²) in [5.41, 5.74) is 12.8. The highest BCUT2D eigenvalue weighted by atomic mass is 32.2. The van der Waals surface area contributed by atoms with Gasteiger partial charge in [-0.25, -0.2) is 9.97 Å². The summed E-state index contributed by atoms with van der Waals surface area (Å²) in [7, 11) is 4.65. The lowest BCUT2D eigenvalue weighted by molar-refractivity contribution is 0.324. The first kappa shape index (κ1) is 25.2. The molecule has 3 aromatic rings. The number of aromatic nitrogens is 3. The fourth-order valence-electron chi connectivity index (χ4n) is 3.04. The van der Waals surface area contributed by atoms with E-state index in [2.05, 4.69) is 25.3 Å². The number of rotatable bonds is 12. The van der Waals surface area contributed by atoms with Crippen molar-refractivity contribution in [1.82, 2.24) is 15.0 Å². The van der Waals surface area contributed by atoms with Crippen LogP contribution in [0.25, 0.3) is 0 Å². The van der Waals surface area contributed by atoms with Crippen molar-refractivity contribution < 1.29 is 14.2 Å². The van der Waals surface area contributed by atoms with Crippen LogP contribution in [0.4, 0.5) is 11.1 Å². The van der Waals surface area contributed by atoms with Gasteiger partial charge in [-0.15, -0.1) is 11.3 Å². The number of benzene rings is 1. The second-order valence-electron chi connectivity index (χ2n) is 6.93. The van der Waals surface area contributed by atoms with Gasteiger partial charge in [-0.05, 0) is 17.7 Å². The van der Waals surface area contributed by atoms with Crippen molar-refractivity contribution in [1.29, 1.82) is 0 Å². The van der Waals surface area contributed by atoms with Crippen molar-refractivity contribution in [3.05, 3.63) is 50.9 Å². The highest BCUT2D eigenvalue weighted by Gasteiger charge is 2.14. The van der Waals surface area contributed by atoms with Gasteiger partial charge in [0.2, 0.25) is 16.8 Å². The number of ether oxygens (including phenoxy) is 3. The molecule has 0 bridgehead atoms. The van der Waals surface area contributed by atoms with E-state index in [0.29, 0.717) is 46.9 Å². The first-order valence-electron chi connectivity index (χ1n) is 10.2. The van der Waals surface area contributed by atoms with E-state index in [1.807, 2.05) is 17.5 Å². The topological polar surface area (TPSA) is 163 Å². The van der Waals surface area contributed by atoms with Crippen LogP contribution in [0.3, 0.4) is 0 Å². The van der Waals surface area contributed by atoms with Gasteiger partial charge < -0.3 is 31.0 Å². The van der Waals surface area contributed by atoms with Gasteiger partial charge in [0.25, 0.3) is 5.56 Å². The maximum atomic E-state index is 12.6. The molecule has 3 rings (SSSR count). The van der Waals surface area contributed by atoms with Crippen LogP contribution in [-0.4, -0.2) is 54.5 Å². The Hall–Kier alpha value is -3.45. The molecule has 11 nitrogen and oxygen atoms in total. The van der Waals surface area contributed by atoms with Crippen LogP contribution < -0.4 is 36.6 Å². The van der Waals surface area contributed by atoms with Crippen LogP contribution in [-0.2, 0) is 12.2 Å². The zero-order chi connectivity index (χ0) is 24.5. The Balaban J connectivity index is 1.53. The molecular weight excluding hydrogens is 478 g/mol. The number of methoxy groups -OCH3 is 3. The second-order valence-corrected chi connectivity index (χ2v) is 8.88. The molecule has 6 N–H and O–H groups in total. The Morgan fingerprint density at radius 2 is 1.94 bits per heavy atom. The predicted octanol–water partition coefficient (Wildman–Crippen LogP) is 2.09. The number of thiazole rings is 1. The molecule has 0 unspecified atom stereocenters. The average Bonchev–Trinajstić information content (AvgIpc) is 3.26. The van der Waals surface area contributed by atoms with Crippen LogP contribution in [0.15, 0.2) is 33.5 Å². The number of guanidine groups is 1. The number of thioether (sulfide) groups is 1. The number of anilines is 1. The van der Waals surface area contributed by atoms with E-state index in [1.54, 1.807) is 39.3 Å². The predicted molar refractivity (Wildman–Crippen MR) is 136 cm³/mol. The molecule has 0 amide bonds. The molecule has 2 heterocycles. The van der Waals surface area contributed by atoms with Crippen molar-refractivity contribution in [3.63, 3.8) is 0 Å². The Labute approximate surface area is 205 Å². The third kappa shape index (κ3) is 6.78. The normalized spacial score (nSPS) is 10.6. The van der Waals surface area contributed by atoms with Crippen LogP contribution in [0.2, 0.25) is 0 Å². The van der Waals surface area contributed by atoms with Gasteiger partial charge in [0.1, 0.15) is 0 Å². The summed E-state index contributed by atoms with van der Waals surface area (Å²) in [6.07, 6.45) is 1.93. The number of H-pyrrole nitrogens is 1. The molecule has 0 fully saturated rings. The summed E-state index contributed by atoms with van der Waals surface area (Å²) in [4.78, 5) is 27.9. The Morgan fingerprint density at radius 3 is 2.56 bits per heavy atom. The molecule has 0 aliphatic heterocycles. The number of nitrogens with one attached hydrogen (secondary N) is 2. The van der Waals surface area contributed by atoms with Gasteiger partial charge in [0.15, 0.2) is 17.5 Å². The Kier molecular flexibility index (Phi) is 8.99. The molecule has 182 valence electrons. The van der Waals surface area contributed by atoms with Gasteiger partial charge >= 0.3 is 0 Å². The number of hydrogen-bond donors (Lipinski definition) is 4. The molecule has 0 aliphatic rings. The maximum Gasteiger partial charge on any atom is 0.255 e. The fourth-order valence-corrected chi connectivity index (χ4v) is 4.60. The number of nitrogens with zero attached hydrogens (tertiary/aromatic N) is 3. The van der Waals surface area contributed by atoms with Crippen molar-refractivity contribution in [2.75, 3.05) is 38.9 Å². The third-order valence-corrected chi connectivity index (χ3v) is 6.32. The smallest absolute Gasteiger partial charge is 0.255 e. The number of nitrogens with two attached hydrogens (primary N) is 2. The van der Waals surface area contributed by atoms with E-state index in [0.717, 1.165) is 22.8 Å². The van der Waals surface area contributed by atoms with Gasteiger partial charge in [0.05, 0.1) is 27.0 Å². The minimum Gasteiger partial charge on any atom is -0.493 e. The second kappa shape index (κ2) is 12.1. The lowest BCUT2D eigenvalue weighted by atomic mass is 10.1. The zero-order valence-electron chi connectivity index (χ0n) is 19.1. The van der Waals surface area contributed by atoms with Crippen molar-refractivity contribution in [2.45, 2.75) is 12.2 Å². The number of aromatic amines is 1. The minimum absolute atomic E-state index is 0.00582. The Morgan fingerprint density at radius 1 is 1.21 bits per heavy atom. The highest BCUT2D eigenvalue weighted by Crippen LogP contribution is 2.38. The molecule has 0 atom stereocenters. The van der Waals surface area contributed by atoms with Gasteiger partial charge in [0, 0.05) is 41.6 Å². The first-order valence-corrected chi connectivity index (χ1v) is 12.2. The SMILES string of the molecule is COc1cc(Cc2cnc(NCCSCc3csc(N=C(N)N)n3)[nH]c2=O)cc(OC)c1OC. The van der Waals surface area contributed by atoms with Gasteiger partial charge in [-0.3, -0.25) is 9.78 Å². The van der Waals surface area contributed by atoms with Crippen LogP contribution in [0.1, 0.15) is 16.8 Å². The molecule has 0 aliphatic carbocycles. The molecule has 0 radical (unpaired) electrons.